The van der Waals surface area contributed by atoms with Gasteiger partial charge in [0.15, 0.2) is 5.13 Å². The van der Waals surface area contributed by atoms with Crippen LogP contribution in [0.15, 0.2) is 43.0 Å². The number of aryl methyl sites for hydroxylation is 2. The molecule has 7 nitrogen and oxygen atoms in total. The van der Waals surface area contributed by atoms with E-state index >= 15 is 0 Å². The molecule has 8 heteroatoms. The van der Waals surface area contributed by atoms with Gasteiger partial charge in [-0.1, -0.05) is 41.7 Å². The first-order chi connectivity index (χ1) is 12.7. The van der Waals surface area contributed by atoms with Crippen molar-refractivity contribution in [2.24, 2.45) is 0 Å². The number of aromatic nitrogens is 4. The zero-order chi connectivity index (χ0) is 18.4. The van der Waals surface area contributed by atoms with Crippen molar-refractivity contribution in [3.05, 3.63) is 59.1 Å². The highest BCUT2D eigenvalue weighted by molar-refractivity contribution is 7.17. The summed E-state index contributed by atoms with van der Waals surface area (Å²) in [5.74, 6) is -0.100. The summed E-state index contributed by atoms with van der Waals surface area (Å²) in [4.78, 5) is 21.8. The lowest BCUT2D eigenvalue weighted by atomic mass is 10.0. The third-order valence-electron chi connectivity index (χ3n) is 3.95. The Bertz CT molecular complexity index is 831. The van der Waals surface area contributed by atoms with Gasteiger partial charge in [-0.15, -0.1) is 0 Å². The Morgan fingerprint density at radius 1 is 1.31 bits per heavy atom. The van der Waals surface area contributed by atoms with E-state index in [1.54, 1.807) is 11.0 Å². The molecular formula is C18H22N6OS. The van der Waals surface area contributed by atoms with E-state index in [1.165, 1.54) is 17.7 Å². The molecule has 2 heterocycles. The van der Waals surface area contributed by atoms with Crippen LogP contribution in [0.5, 0.6) is 0 Å². The van der Waals surface area contributed by atoms with Gasteiger partial charge >= 0.3 is 0 Å². The number of anilines is 1. The van der Waals surface area contributed by atoms with Crippen LogP contribution in [0.4, 0.5) is 5.13 Å². The lowest BCUT2D eigenvalue weighted by molar-refractivity contribution is 0.0936. The van der Waals surface area contributed by atoms with Crippen LogP contribution >= 0.6 is 11.3 Å². The number of hydrogen-bond acceptors (Lipinski definition) is 6. The SMILES string of the molecule is CCNc1nc(C)c(C(=O)NC(CCn2cncn2)c2ccccc2)s1. The lowest BCUT2D eigenvalue weighted by Crippen LogP contribution is -2.29. The highest BCUT2D eigenvalue weighted by Crippen LogP contribution is 2.24. The molecule has 26 heavy (non-hydrogen) atoms. The predicted molar refractivity (Wildman–Crippen MR) is 102 cm³/mol. The van der Waals surface area contributed by atoms with Crippen molar-refractivity contribution >= 4 is 22.4 Å². The Hall–Kier alpha value is -2.74. The number of benzene rings is 1. The second-order valence-electron chi connectivity index (χ2n) is 5.85. The average molecular weight is 370 g/mol. The molecule has 0 aliphatic rings. The maximum Gasteiger partial charge on any atom is 0.263 e. The van der Waals surface area contributed by atoms with Crippen LogP contribution < -0.4 is 10.6 Å². The highest BCUT2D eigenvalue weighted by atomic mass is 32.1. The number of carbonyl (C=O) groups excluding carboxylic acids is 1. The summed E-state index contributed by atoms with van der Waals surface area (Å²) >= 11 is 1.38. The van der Waals surface area contributed by atoms with Gasteiger partial charge in [0, 0.05) is 13.1 Å². The fourth-order valence-electron chi connectivity index (χ4n) is 2.67. The van der Waals surface area contributed by atoms with Crippen LogP contribution in [0.2, 0.25) is 0 Å². The van der Waals surface area contributed by atoms with Gasteiger partial charge < -0.3 is 10.6 Å². The number of nitrogens with zero attached hydrogens (tertiary/aromatic N) is 4. The first kappa shape index (κ1) is 18.1. The molecule has 0 fully saturated rings. The van der Waals surface area contributed by atoms with E-state index in [2.05, 4.69) is 25.7 Å². The Morgan fingerprint density at radius 2 is 2.12 bits per heavy atom. The molecule has 0 aliphatic carbocycles. The van der Waals surface area contributed by atoms with E-state index in [0.29, 0.717) is 11.4 Å². The van der Waals surface area contributed by atoms with E-state index in [-0.39, 0.29) is 11.9 Å². The molecular weight excluding hydrogens is 348 g/mol. The molecule has 1 aromatic carbocycles. The zero-order valence-electron chi connectivity index (χ0n) is 14.8. The number of amides is 1. The predicted octanol–water partition coefficient (Wildman–Crippen LogP) is 3.04. The molecule has 1 unspecified atom stereocenters. The quantitative estimate of drug-likeness (QED) is 0.637. The minimum Gasteiger partial charge on any atom is -0.362 e. The Balaban J connectivity index is 1.75. The van der Waals surface area contributed by atoms with Crippen LogP contribution in [0.3, 0.4) is 0 Å². The molecule has 3 aromatic rings. The van der Waals surface area contributed by atoms with Gasteiger partial charge in [-0.3, -0.25) is 9.48 Å². The van der Waals surface area contributed by atoms with Crippen molar-refractivity contribution in [3.63, 3.8) is 0 Å². The first-order valence-corrected chi connectivity index (χ1v) is 9.38. The van der Waals surface area contributed by atoms with Crippen molar-refractivity contribution in [1.82, 2.24) is 25.1 Å². The van der Waals surface area contributed by atoms with Crippen molar-refractivity contribution in [1.29, 1.82) is 0 Å². The third kappa shape index (κ3) is 4.45. The van der Waals surface area contributed by atoms with Gasteiger partial charge in [-0.2, -0.15) is 5.10 Å². The number of thiazole rings is 1. The molecule has 1 atom stereocenters. The first-order valence-electron chi connectivity index (χ1n) is 8.57. The zero-order valence-corrected chi connectivity index (χ0v) is 15.7. The molecule has 2 aromatic heterocycles. The summed E-state index contributed by atoms with van der Waals surface area (Å²) in [6.45, 7) is 5.31. The Labute approximate surface area is 156 Å². The topological polar surface area (TPSA) is 84.7 Å². The standard InChI is InChI=1S/C18H22N6OS/c1-3-20-18-22-13(2)16(26-18)17(25)23-15(14-7-5-4-6-8-14)9-10-24-12-19-11-21-24/h4-8,11-12,15H,3,9-10H2,1-2H3,(H,20,22)(H,23,25). The van der Waals surface area contributed by atoms with Gasteiger partial charge in [0.25, 0.3) is 5.91 Å². The third-order valence-corrected chi connectivity index (χ3v) is 5.07. The van der Waals surface area contributed by atoms with Gasteiger partial charge in [-0.05, 0) is 25.8 Å². The van der Waals surface area contributed by atoms with Crippen LogP contribution in [0.1, 0.15) is 40.3 Å². The average Bonchev–Trinajstić information content (AvgIpc) is 3.29. The van der Waals surface area contributed by atoms with Crippen molar-refractivity contribution in [2.75, 3.05) is 11.9 Å². The lowest BCUT2D eigenvalue weighted by Gasteiger charge is -2.19. The van der Waals surface area contributed by atoms with Gasteiger partial charge in [0.05, 0.1) is 11.7 Å². The van der Waals surface area contributed by atoms with E-state index in [9.17, 15) is 4.79 Å². The maximum atomic E-state index is 12.8. The van der Waals surface area contributed by atoms with E-state index in [1.807, 2.05) is 44.2 Å². The monoisotopic (exact) mass is 370 g/mol. The van der Waals surface area contributed by atoms with Crippen LogP contribution in [0.25, 0.3) is 0 Å². The molecule has 0 saturated heterocycles. The van der Waals surface area contributed by atoms with Crippen LogP contribution in [-0.4, -0.2) is 32.2 Å². The summed E-state index contributed by atoms with van der Waals surface area (Å²) in [5.41, 5.74) is 1.81. The molecule has 3 rings (SSSR count). The number of nitrogens with one attached hydrogen (secondary N) is 2. The van der Waals surface area contributed by atoms with Crippen molar-refractivity contribution in [3.8, 4) is 0 Å². The second kappa shape index (κ2) is 8.57. The van der Waals surface area contributed by atoms with Crippen molar-refractivity contribution in [2.45, 2.75) is 32.9 Å². The van der Waals surface area contributed by atoms with Gasteiger partial charge in [0.2, 0.25) is 0 Å². The van der Waals surface area contributed by atoms with Crippen molar-refractivity contribution < 1.29 is 4.79 Å². The van der Waals surface area contributed by atoms with Gasteiger partial charge in [-0.25, -0.2) is 9.97 Å². The molecule has 0 saturated carbocycles. The summed E-state index contributed by atoms with van der Waals surface area (Å²) < 4.78 is 1.77. The molecule has 0 radical (unpaired) electrons. The van der Waals surface area contributed by atoms with Crippen LogP contribution in [0, 0.1) is 6.92 Å². The Kier molecular flexibility index (Phi) is 5.96. The van der Waals surface area contributed by atoms with Crippen LogP contribution in [-0.2, 0) is 6.54 Å². The summed E-state index contributed by atoms with van der Waals surface area (Å²) in [6, 6.07) is 9.86. The van der Waals surface area contributed by atoms with E-state index < -0.39 is 0 Å². The molecule has 0 aliphatic heterocycles. The molecule has 0 spiro atoms. The normalized spacial score (nSPS) is 11.9. The number of carbonyl (C=O) groups is 1. The highest BCUT2D eigenvalue weighted by Gasteiger charge is 2.20. The summed E-state index contributed by atoms with van der Waals surface area (Å²) in [6.07, 6.45) is 3.91. The number of rotatable bonds is 8. The minimum atomic E-state index is -0.114. The molecule has 136 valence electrons. The fourth-order valence-corrected chi connectivity index (χ4v) is 3.61. The largest absolute Gasteiger partial charge is 0.362 e. The summed E-state index contributed by atoms with van der Waals surface area (Å²) in [7, 11) is 0. The molecule has 2 N–H and O–H groups in total. The van der Waals surface area contributed by atoms with E-state index in [4.69, 9.17) is 0 Å². The molecule has 0 bridgehead atoms. The fraction of sp³-hybridized carbons (Fsp3) is 0.333. The maximum absolute atomic E-state index is 12.8. The second-order valence-corrected chi connectivity index (χ2v) is 6.85. The van der Waals surface area contributed by atoms with E-state index in [0.717, 1.165) is 29.4 Å². The molecule has 1 amide bonds. The minimum absolute atomic E-state index is 0.100. The smallest absolute Gasteiger partial charge is 0.263 e. The number of hydrogen-bond donors (Lipinski definition) is 2. The Morgan fingerprint density at radius 3 is 2.81 bits per heavy atom. The summed E-state index contributed by atoms with van der Waals surface area (Å²) in [5, 5.41) is 11.2. The van der Waals surface area contributed by atoms with Gasteiger partial charge in [0.1, 0.15) is 17.5 Å².